The summed E-state index contributed by atoms with van der Waals surface area (Å²) in [6.45, 7) is 8.75. The van der Waals surface area contributed by atoms with E-state index in [1.165, 1.54) is 5.57 Å². The number of piperidine rings is 1. The van der Waals surface area contributed by atoms with E-state index in [-0.39, 0.29) is 17.7 Å². The van der Waals surface area contributed by atoms with Crippen molar-refractivity contribution < 1.29 is 14.3 Å². The van der Waals surface area contributed by atoms with Crippen molar-refractivity contribution in [1.82, 2.24) is 4.90 Å². The molecule has 0 spiro atoms. The lowest BCUT2D eigenvalue weighted by molar-refractivity contribution is -0.129. The van der Waals surface area contributed by atoms with Crippen LogP contribution in [0.15, 0.2) is 66.2 Å². The topological polar surface area (TPSA) is 75.9 Å². The van der Waals surface area contributed by atoms with Crippen LogP contribution in [0.3, 0.4) is 0 Å². The molecule has 0 bridgehead atoms. The molecule has 3 rings (SSSR count). The number of carbonyl (C=O) groups excluding carboxylic acids is 2. The van der Waals surface area contributed by atoms with Gasteiger partial charge in [0.05, 0.1) is 6.42 Å². The van der Waals surface area contributed by atoms with Crippen LogP contribution in [0.5, 0.6) is 5.75 Å². The number of amides is 2. The summed E-state index contributed by atoms with van der Waals surface area (Å²) >= 11 is 0. The number of hydrogen-bond acceptors (Lipinski definition) is 4. The van der Waals surface area contributed by atoms with Crippen LogP contribution in [0, 0.1) is 12.3 Å². The van der Waals surface area contributed by atoms with Crippen molar-refractivity contribution >= 4 is 17.5 Å². The van der Waals surface area contributed by atoms with Crippen molar-refractivity contribution in [2.45, 2.75) is 52.7 Å². The zero-order chi connectivity index (χ0) is 25.2. The van der Waals surface area contributed by atoms with Crippen LogP contribution in [0.2, 0.25) is 0 Å². The Labute approximate surface area is 209 Å². The van der Waals surface area contributed by atoms with Gasteiger partial charge in [-0.1, -0.05) is 48.9 Å². The molecule has 1 aliphatic rings. The van der Waals surface area contributed by atoms with Gasteiger partial charge in [0.2, 0.25) is 11.8 Å². The number of ether oxygens (including phenoxy) is 1. The molecule has 2 N–H and O–H groups in total. The van der Waals surface area contributed by atoms with E-state index < -0.39 is 0 Å². The smallest absolute Gasteiger partial charge is 0.226 e. The Hall–Kier alpha value is -3.28. The molecule has 1 heterocycles. The summed E-state index contributed by atoms with van der Waals surface area (Å²) in [4.78, 5) is 28.1. The highest BCUT2D eigenvalue weighted by molar-refractivity contribution is 5.86. The highest BCUT2D eigenvalue weighted by atomic mass is 16.5. The Morgan fingerprint density at radius 2 is 1.74 bits per heavy atom. The fraction of sp³-hybridized carbons (Fsp3) is 0.414. The van der Waals surface area contributed by atoms with Crippen LogP contribution in [-0.2, 0) is 16.2 Å². The molecular formula is C29H38N3O3. The first kappa shape index (κ1) is 26.3. The van der Waals surface area contributed by atoms with E-state index in [2.05, 4.69) is 49.1 Å². The summed E-state index contributed by atoms with van der Waals surface area (Å²) in [6.07, 6.45) is 6.03. The minimum Gasteiger partial charge on any atom is -0.489 e. The molecule has 35 heavy (non-hydrogen) atoms. The van der Waals surface area contributed by atoms with E-state index >= 15 is 0 Å². The lowest BCUT2D eigenvalue weighted by Crippen LogP contribution is -2.47. The zero-order valence-electron chi connectivity index (χ0n) is 21.2. The minimum absolute atomic E-state index is 0.00711. The number of nitrogens with zero attached hydrogens (tertiary/aromatic N) is 2. The molecule has 6 heteroatoms. The van der Waals surface area contributed by atoms with Gasteiger partial charge in [-0.15, -0.1) is 0 Å². The van der Waals surface area contributed by atoms with Crippen molar-refractivity contribution in [3.8, 4) is 5.75 Å². The molecule has 0 aromatic heterocycles. The summed E-state index contributed by atoms with van der Waals surface area (Å²) in [5.74, 6) is 0.142. The maximum absolute atomic E-state index is 12.6. The second-order valence-electron chi connectivity index (χ2n) is 9.50. The molecule has 1 fully saturated rings. The van der Waals surface area contributed by atoms with E-state index in [0.717, 1.165) is 36.4 Å². The summed E-state index contributed by atoms with van der Waals surface area (Å²) in [6, 6.07) is 18.8. The number of carbonyl (C=O) groups is 2. The number of nitrogens with two attached hydrogens (primary N) is 1. The van der Waals surface area contributed by atoms with Crippen LogP contribution < -0.4 is 15.4 Å². The van der Waals surface area contributed by atoms with Crippen molar-refractivity contribution in [3.05, 3.63) is 78.2 Å². The van der Waals surface area contributed by atoms with Crippen molar-refractivity contribution in [3.63, 3.8) is 0 Å². The molecule has 187 valence electrons. The predicted octanol–water partition coefficient (Wildman–Crippen LogP) is 4.74. The number of allylic oxidation sites excluding steroid dienone is 1. The van der Waals surface area contributed by atoms with Crippen molar-refractivity contribution in [2.75, 3.05) is 24.5 Å². The van der Waals surface area contributed by atoms with Gasteiger partial charge in [-0.05, 0) is 62.9 Å². The standard InChI is InChI=1S/C29H38N3O3/c1-22(2)15-20-32(25-10-12-27(13-11-25)35-21-24-7-5-4-6-8-24)26-16-18-31(19-17-26)28(33)14-9-23(3)29(30)34/h4-8,10-15,23,26H,9,16-21H2,1-3H3,(H2,30,34). The van der Waals surface area contributed by atoms with Gasteiger partial charge in [0.15, 0.2) is 0 Å². The average molecular weight is 477 g/mol. The first-order chi connectivity index (χ1) is 16.8. The van der Waals surface area contributed by atoms with Gasteiger partial charge >= 0.3 is 0 Å². The number of likely N-dealkylation sites (tertiary alicyclic amines) is 1. The van der Waals surface area contributed by atoms with Gasteiger partial charge in [0.1, 0.15) is 12.4 Å². The number of hydrogen-bond donors (Lipinski definition) is 1. The Morgan fingerprint density at radius 1 is 1.09 bits per heavy atom. The molecule has 1 saturated heterocycles. The summed E-state index contributed by atoms with van der Waals surface area (Å²) < 4.78 is 5.96. The first-order valence-corrected chi connectivity index (χ1v) is 12.4. The van der Waals surface area contributed by atoms with Gasteiger partial charge in [-0.25, -0.2) is 0 Å². The predicted molar refractivity (Wildman–Crippen MR) is 141 cm³/mol. The highest BCUT2D eigenvalue weighted by Crippen LogP contribution is 2.27. The van der Waals surface area contributed by atoms with E-state index in [1.54, 1.807) is 13.3 Å². The number of primary amides is 1. The molecule has 2 aromatic carbocycles. The van der Waals surface area contributed by atoms with Gasteiger partial charge in [0, 0.05) is 37.3 Å². The largest absolute Gasteiger partial charge is 0.489 e. The van der Waals surface area contributed by atoms with Crippen molar-refractivity contribution in [2.24, 2.45) is 11.7 Å². The average Bonchev–Trinajstić information content (AvgIpc) is 2.87. The lowest BCUT2D eigenvalue weighted by Gasteiger charge is -2.39. The van der Waals surface area contributed by atoms with Gasteiger partial charge in [-0.3, -0.25) is 9.59 Å². The third kappa shape index (κ3) is 8.16. The highest BCUT2D eigenvalue weighted by Gasteiger charge is 2.27. The third-order valence-corrected chi connectivity index (χ3v) is 6.46. The molecule has 0 saturated carbocycles. The molecule has 1 aliphatic heterocycles. The molecule has 2 amide bonds. The molecule has 2 aromatic rings. The first-order valence-electron chi connectivity index (χ1n) is 12.4. The van der Waals surface area contributed by atoms with Crippen LogP contribution >= 0.6 is 0 Å². The Kier molecular flexibility index (Phi) is 9.76. The number of benzene rings is 2. The van der Waals surface area contributed by atoms with Gasteiger partial charge < -0.3 is 20.3 Å². The molecule has 6 nitrogen and oxygen atoms in total. The van der Waals surface area contributed by atoms with Gasteiger partial charge in [-0.2, -0.15) is 0 Å². The summed E-state index contributed by atoms with van der Waals surface area (Å²) in [5, 5.41) is 0. The monoisotopic (exact) mass is 476 g/mol. The van der Waals surface area contributed by atoms with Crippen LogP contribution in [0.25, 0.3) is 0 Å². The number of anilines is 1. The lowest BCUT2D eigenvalue weighted by atomic mass is 10.00. The quantitative estimate of drug-likeness (QED) is 0.475. The Bertz CT molecular complexity index is 976. The van der Waals surface area contributed by atoms with Crippen LogP contribution in [0.1, 0.15) is 45.6 Å². The normalized spacial score (nSPS) is 14.8. The molecule has 1 radical (unpaired) electrons. The van der Waals surface area contributed by atoms with E-state index in [0.29, 0.717) is 32.2 Å². The van der Waals surface area contributed by atoms with Gasteiger partial charge in [0.25, 0.3) is 0 Å². The Morgan fingerprint density at radius 3 is 2.34 bits per heavy atom. The summed E-state index contributed by atoms with van der Waals surface area (Å²) in [5.41, 5.74) is 8.89. The fourth-order valence-electron chi connectivity index (χ4n) is 4.14. The maximum Gasteiger partial charge on any atom is 0.226 e. The van der Waals surface area contributed by atoms with Crippen LogP contribution in [0.4, 0.5) is 5.69 Å². The minimum atomic E-state index is -0.376. The molecule has 1 unspecified atom stereocenters. The molecule has 1 atom stereocenters. The third-order valence-electron chi connectivity index (χ3n) is 6.46. The number of rotatable bonds is 11. The zero-order valence-corrected chi connectivity index (χ0v) is 21.2. The SMILES string of the molecule is CC(C)=CCN(c1ccc(OCc2ccccc2)cc1)C1CCN(C(=O)[CH]CC(C)C(N)=O)CC1. The van der Waals surface area contributed by atoms with Crippen molar-refractivity contribution in [1.29, 1.82) is 0 Å². The Balaban J connectivity index is 1.59. The molecular weight excluding hydrogens is 438 g/mol. The van der Waals surface area contributed by atoms with E-state index in [1.807, 2.05) is 35.2 Å². The van der Waals surface area contributed by atoms with Crippen LogP contribution in [-0.4, -0.2) is 42.4 Å². The second kappa shape index (κ2) is 13.0. The second-order valence-corrected chi connectivity index (χ2v) is 9.50. The van der Waals surface area contributed by atoms with E-state index in [9.17, 15) is 9.59 Å². The summed E-state index contributed by atoms with van der Waals surface area (Å²) in [7, 11) is 0. The molecule has 0 aliphatic carbocycles. The maximum atomic E-state index is 12.6. The van der Waals surface area contributed by atoms with E-state index in [4.69, 9.17) is 10.5 Å². The fourth-order valence-corrected chi connectivity index (χ4v) is 4.14.